The Balaban J connectivity index is 1.33. The summed E-state index contributed by atoms with van der Waals surface area (Å²) in [5.41, 5.74) is 2.35. The molecule has 1 amide bonds. The van der Waals surface area contributed by atoms with Gasteiger partial charge in [0.1, 0.15) is 0 Å². The van der Waals surface area contributed by atoms with Crippen LogP contribution in [0.25, 0.3) is 5.13 Å². The number of anilines is 1. The molecule has 0 aromatic carbocycles. The third-order valence-corrected chi connectivity index (χ3v) is 8.01. The van der Waals surface area contributed by atoms with Gasteiger partial charge in [0.25, 0.3) is 0 Å². The third-order valence-electron chi connectivity index (χ3n) is 7.04. The Labute approximate surface area is 177 Å². The van der Waals surface area contributed by atoms with Crippen molar-refractivity contribution in [3.63, 3.8) is 0 Å². The van der Waals surface area contributed by atoms with Crippen molar-refractivity contribution < 1.29 is 4.79 Å². The Hall–Kier alpha value is -1.89. The Morgan fingerprint density at radius 2 is 1.69 bits per heavy atom. The van der Waals surface area contributed by atoms with Gasteiger partial charge in [0.05, 0.1) is 0 Å². The first-order valence-electron chi connectivity index (χ1n) is 11.0. The minimum absolute atomic E-state index is 0.122. The van der Waals surface area contributed by atoms with Crippen LogP contribution in [0.15, 0.2) is 12.1 Å². The van der Waals surface area contributed by atoms with Gasteiger partial charge in [-0.05, 0) is 57.1 Å². The van der Waals surface area contributed by atoms with E-state index in [1.807, 2.05) is 0 Å². The number of aryl methyl sites for hydroxylation is 2. The fraction of sp³-hybridized carbons (Fsp3) is 0.682. The first-order chi connectivity index (χ1) is 13.9. The molecule has 4 rings (SSSR count). The molecule has 29 heavy (non-hydrogen) atoms. The molecule has 1 N–H and O–H groups in total. The van der Waals surface area contributed by atoms with E-state index in [0.717, 1.165) is 42.6 Å². The number of hydrogen-bond donors (Lipinski definition) is 1. The normalized spacial score (nSPS) is 25.9. The highest BCUT2D eigenvalue weighted by Gasteiger charge is 2.32. The summed E-state index contributed by atoms with van der Waals surface area (Å²) in [5.74, 6) is 1.66. The minimum atomic E-state index is 0.122. The molecular weight excluding hydrogens is 382 g/mol. The molecule has 7 heteroatoms. The second-order valence-corrected chi connectivity index (χ2v) is 9.90. The van der Waals surface area contributed by atoms with Crippen LogP contribution in [-0.4, -0.2) is 39.8 Å². The lowest BCUT2D eigenvalue weighted by Crippen LogP contribution is -2.48. The average molecular weight is 416 g/mol. The molecule has 1 aliphatic heterocycles. The number of amides is 1. The first kappa shape index (κ1) is 20.4. The maximum absolute atomic E-state index is 12.8. The summed E-state index contributed by atoms with van der Waals surface area (Å²) in [5, 5.41) is 14.1. The highest BCUT2D eigenvalue weighted by Crippen LogP contribution is 2.31. The van der Waals surface area contributed by atoms with E-state index >= 15 is 0 Å². The lowest BCUT2D eigenvalue weighted by molar-refractivity contribution is -0.127. The molecule has 6 nitrogen and oxygen atoms in total. The quantitative estimate of drug-likeness (QED) is 0.816. The molecule has 2 aliphatic rings. The topological polar surface area (TPSA) is 63.1 Å². The van der Waals surface area contributed by atoms with Crippen molar-refractivity contribution in [2.75, 3.05) is 18.0 Å². The number of carbonyl (C=O) groups is 1. The number of piperidine rings is 1. The van der Waals surface area contributed by atoms with E-state index in [4.69, 9.17) is 0 Å². The largest absolute Gasteiger partial charge is 0.353 e. The van der Waals surface area contributed by atoms with Gasteiger partial charge < -0.3 is 10.2 Å². The van der Waals surface area contributed by atoms with Gasteiger partial charge in [-0.2, -0.15) is 0 Å². The van der Waals surface area contributed by atoms with Crippen LogP contribution in [0.5, 0.6) is 0 Å². The Morgan fingerprint density at radius 1 is 1.03 bits per heavy atom. The van der Waals surface area contributed by atoms with Crippen LogP contribution in [-0.2, 0) is 4.79 Å². The molecule has 2 aromatic rings. The fourth-order valence-corrected chi connectivity index (χ4v) is 5.83. The Kier molecular flexibility index (Phi) is 5.95. The maximum atomic E-state index is 12.8. The molecule has 2 aromatic heterocycles. The van der Waals surface area contributed by atoms with Crippen molar-refractivity contribution in [2.24, 2.45) is 17.8 Å². The minimum Gasteiger partial charge on any atom is -0.353 e. The fourth-order valence-electron chi connectivity index (χ4n) is 4.82. The SMILES string of the molecule is Cc1ccc(C)n1-c1nnc(N2CCC(C(=O)NC3CCCC(C)C3C)CC2)s1. The van der Waals surface area contributed by atoms with Gasteiger partial charge in [0.15, 0.2) is 0 Å². The number of rotatable bonds is 4. The molecule has 1 aliphatic carbocycles. The van der Waals surface area contributed by atoms with E-state index in [1.165, 1.54) is 24.2 Å². The molecular formula is C22H33N5OS. The lowest BCUT2D eigenvalue weighted by atomic mass is 9.78. The summed E-state index contributed by atoms with van der Waals surface area (Å²) in [7, 11) is 0. The molecule has 0 radical (unpaired) electrons. The van der Waals surface area contributed by atoms with Crippen molar-refractivity contribution in [3.8, 4) is 5.13 Å². The van der Waals surface area contributed by atoms with Crippen LogP contribution in [0.4, 0.5) is 5.13 Å². The second-order valence-electron chi connectivity index (χ2n) is 8.96. The molecule has 0 bridgehead atoms. The lowest BCUT2D eigenvalue weighted by Gasteiger charge is -2.36. The van der Waals surface area contributed by atoms with Gasteiger partial charge in [-0.15, -0.1) is 10.2 Å². The molecule has 0 spiro atoms. The van der Waals surface area contributed by atoms with E-state index in [-0.39, 0.29) is 11.8 Å². The first-order valence-corrected chi connectivity index (χ1v) is 11.8. The third kappa shape index (κ3) is 4.20. The molecule has 3 heterocycles. The van der Waals surface area contributed by atoms with E-state index < -0.39 is 0 Å². The summed E-state index contributed by atoms with van der Waals surface area (Å²) in [4.78, 5) is 15.1. The molecule has 158 valence electrons. The van der Waals surface area contributed by atoms with Crippen LogP contribution in [0.3, 0.4) is 0 Å². The summed E-state index contributed by atoms with van der Waals surface area (Å²) in [6.07, 6.45) is 5.42. The average Bonchev–Trinajstić information content (AvgIpc) is 3.32. The van der Waals surface area contributed by atoms with Crippen molar-refractivity contribution in [3.05, 3.63) is 23.5 Å². The van der Waals surface area contributed by atoms with Gasteiger partial charge in [-0.1, -0.05) is 38.0 Å². The van der Waals surface area contributed by atoms with Gasteiger partial charge in [0, 0.05) is 36.4 Å². The van der Waals surface area contributed by atoms with Crippen LogP contribution < -0.4 is 10.2 Å². The van der Waals surface area contributed by atoms with Gasteiger partial charge in [-0.25, -0.2) is 0 Å². The molecule has 3 atom stereocenters. The Bertz CT molecular complexity index is 832. The summed E-state index contributed by atoms with van der Waals surface area (Å²) in [6, 6.07) is 4.56. The van der Waals surface area contributed by atoms with Crippen LogP contribution >= 0.6 is 11.3 Å². The van der Waals surface area contributed by atoms with Crippen LogP contribution in [0, 0.1) is 31.6 Å². The number of carbonyl (C=O) groups excluding carboxylic acids is 1. The predicted octanol–water partition coefficient (Wildman–Crippen LogP) is 4.10. The van der Waals surface area contributed by atoms with E-state index in [2.05, 4.69) is 64.8 Å². The number of hydrogen-bond acceptors (Lipinski definition) is 5. The smallest absolute Gasteiger partial charge is 0.223 e. The number of nitrogens with one attached hydrogen (secondary N) is 1. The zero-order valence-electron chi connectivity index (χ0n) is 18.0. The number of nitrogens with zero attached hydrogens (tertiary/aromatic N) is 4. The van der Waals surface area contributed by atoms with Crippen molar-refractivity contribution in [1.29, 1.82) is 0 Å². The molecule has 1 saturated heterocycles. The summed E-state index contributed by atoms with van der Waals surface area (Å²) < 4.78 is 2.15. The van der Waals surface area contributed by atoms with Crippen LogP contribution in [0.1, 0.15) is 57.3 Å². The highest BCUT2D eigenvalue weighted by atomic mass is 32.1. The van der Waals surface area contributed by atoms with E-state index in [9.17, 15) is 4.79 Å². The zero-order valence-corrected chi connectivity index (χ0v) is 18.8. The van der Waals surface area contributed by atoms with E-state index in [0.29, 0.717) is 17.9 Å². The number of aromatic nitrogens is 3. The highest BCUT2D eigenvalue weighted by molar-refractivity contribution is 7.17. The van der Waals surface area contributed by atoms with Crippen LogP contribution in [0.2, 0.25) is 0 Å². The van der Waals surface area contributed by atoms with Gasteiger partial charge >= 0.3 is 0 Å². The predicted molar refractivity (Wildman–Crippen MR) is 118 cm³/mol. The summed E-state index contributed by atoms with van der Waals surface area (Å²) in [6.45, 7) is 10.5. The molecule has 2 fully saturated rings. The second kappa shape index (κ2) is 8.46. The summed E-state index contributed by atoms with van der Waals surface area (Å²) >= 11 is 1.63. The zero-order chi connectivity index (χ0) is 20.5. The monoisotopic (exact) mass is 415 g/mol. The van der Waals surface area contributed by atoms with E-state index in [1.54, 1.807) is 11.3 Å². The standard InChI is InChI=1S/C22H33N5OS/c1-14-6-5-7-19(17(14)4)23-20(28)18-10-12-26(13-11-18)21-24-25-22(29-21)27-15(2)8-9-16(27)3/h8-9,14,17-19H,5-7,10-13H2,1-4H3,(H,23,28). The van der Waals surface area contributed by atoms with Gasteiger partial charge in [0.2, 0.25) is 16.2 Å². The Morgan fingerprint density at radius 3 is 2.38 bits per heavy atom. The van der Waals surface area contributed by atoms with Crippen molar-refractivity contribution in [2.45, 2.75) is 65.8 Å². The molecule has 3 unspecified atom stereocenters. The van der Waals surface area contributed by atoms with Crippen molar-refractivity contribution in [1.82, 2.24) is 20.1 Å². The molecule has 1 saturated carbocycles. The maximum Gasteiger partial charge on any atom is 0.223 e. The van der Waals surface area contributed by atoms with Crippen molar-refractivity contribution >= 4 is 22.4 Å². The van der Waals surface area contributed by atoms with Gasteiger partial charge in [-0.3, -0.25) is 9.36 Å².